The quantitative estimate of drug-likeness (QED) is 0.691. The second kappa shape index (κ2) is 7.31. The number of H-pyrrole nitrogens is 1. The predicted octanol–water partition coefficient (Wildman–Crippen LogP) is 2.44. The maximum Gasteiger partial charge on any atom is 0.211 e. The van der Waals surface area contributed by atoms with E-state index < -0.39 is 10.0 Å². The van der Waals surface area contributed by atoms with Gasteiger partial charge in [-0.1, -0.05) is 0 Å². The summed E-state index contributed by atoms with van der Waals surface area (Å²) in [4.78, 5) is 19.3. The molecule has 3 aromatic heterocycles. The standard InChI is InChI=1S/C21H26N6O2S/c1-14-11-18-17(12-27(14)19-4-8-23-21-16(19)3-7-22-21)20(25-13-24-18)15-5-9-26(10-6-15)30(2,28)29/h3-4,7-8,13-15H,5-6,9-12H2,1-2H3,(H,22,23)/t14-/m1/s1. The van der Waals surface area contributed by atoms with E-state index in [2.05, 4.69) is 43.9 Å². The molecule has 0 radical (unpaired) electrons. The molecule has 3 aromatic rings. The lowest BCUT2D eigenvalue weighted by atomic mass is 9.87. The van der Waals surface area contributed by atoms with Crippen molar-refractivity contribution in [3.63, 3.8) is 0 Å². The summed E-state index contributed by atoms with van der Waals surface area (Å²) in [6, 6.07) is 4.46. The molecule has 1 fully saturated rings. The number of hydrogen-bond donors (Lipinski definition) is 1. The molecule has 0 aliphatic carbocycles. The Kier molecular flexibility index (Phi) is 4.74. The SMILES string of the molecule is C[C@@H]1Cc2ncnc(C3CCN(S(C)(=O)=O)CC3)c2CN1c1ccnc2[nH]ccc12. The third-order valence-electron chi connectivity index (χ3n) is 6.47. The molecule has 1 atom stereocenters. The lowest BCUT2D eigenvalue weighted by Crippen LogP contribution is -2.41. The van der Waals surface area contributed by atoms with E-state index in [1.807, 2.05) is 12.4 Å². The van der Waals surface area contributed by atoms with Crippen molar-refractivity contribution in [2.75, 3.05) is 24.2 Å². The van der Waals surface area contributed by atoms with Crippen LogP contribution in [0.25, 0.3) is 11.0 Å². The summed E-state index contributed by atoms with van der Waals surface area (Å²) in [5, 5.41) is 1.12. The molecule has 5 rings (SSSR count). The molecule has 1 saturated heterocycles. The molecular formula is C21H26N6O2S. The van der Waals surface area contributed by atoms with E-state index in [-0.39, 0.29) is 5.92 Å². The van der Waals surface area contributed by atoms with Crippen LogP contribution in [0.4, 0.5) is 5.69 Å². The number of anilines is 1. The van der Waals surface area contributed by atoms with Crippen molar-refractivity contribution in [1.82, 2.24) is 24.2 Å². The van der Waals surface area contributed by atoms with E-state index >= 15 is 0 Å². The van der Waals surface area contributed by atoms with Gasteiger partial charge in [0.25, 0.3) is 0 Å². The van der Waals surface area contributed by atoms with Crippen molar-refractivity contribution in [3.05, 3.63) is 47.8 Å². The predicted molar refractivity (Wildman–Crippen MR) is 116 cm³/mol. The zero-order chi connectivity index (χ0) is 20.9. The maximum absolute atomic E-state index is 11.9. The highest BCUT2D eigenvalue weighted by Gasteiger charge is 2.32. The average Bonchev–Trinajstić information content (AvgIpc) is 3.21. The van der Waals surface area contributed by atoms with Crippen LogP contribution in [0.1, 0.15) is 42.6 Å². The van der Waals surface area contributed by atoms with Gasteiger partial charge in [-0.2, -0.15) is 0 Å². The van der Waals surface area contributed by atoms with Crippen LogP contribution < -0.4 is 4.90 Å². The highest BCUT2D eigenvalue weighted by molar-refractivity contribution is 7.88. The Morgan fingerprint density at radius 1 is 1.13 bits per heavy atom. The normalized spacial score (nSPS) is 21.1. The molecule has 5 heterocycles. The fourth-order valence-corrected chi connectivity index (χ4v) is 5.73. The van der Waals surface area contributed by atoms with Crippen LogP contribution in [-0.4, -0.2) is 58.0 Å². The Morgan fingerprint density at radius 3 is 2.70 bits per heavy atom. The first-order valence-electron chi connectivity index (χ1n) is 10.4. The van der Waals surface area contributed by atoms with Crippen LogP contribution in [0.5, 0.6) is 0 Å². The minimum Gasteiger partial charge on any atom is -0.363 e. The van der Waals surface area contributed by atoms with Crippen molar-refractivity contribution >= 4 is 26.7 Å². The number of pyridine rings is 1. The summed E-state index contributed by atoms with van der Waals surface area (Å²) in [6.07, 6.45) is 9.19. The van der Waals surface area contributed by atoms with Crippen LogP contribution >= 0.6 is 0 Å². The van der Waals surface area contributed by atoms with Crippen LogP contribution in [0.15, 0.2) is 30.9 Å². The number of aromatic nitrogens is 4. The van der Waals surface area contributed by atoms with Crippen molar-refractivity contribution in [2.45, 2.75) is 44.7 Å². The number of hydrogen-bond acceptors (Lipinski definition) is 6. The number of aromatic amines is 1. The number of rotatable bonds is 3. The van der Waals surface area contributed by atoms with Gasteiger partial charge in [0.15, 0.2) is 0 Å². The zero-order valence-corrected chi connectivity index (χ0v) is 18.1. The number of sulfonamides is 1. The van der Waals surface area contributed by atoms with Gasteiger partial charge in [0.05, 0.1) is 17.6 Å². The Bertz CT molecular complexity index is 1180. The summed E-state index contributed by atoms with van der Waals surface area (Å²) in [5.74, 6) is 0.264. The van der Waals surface area contributed by atoms with Gasteiger partial charge < -0.3 is 9.88 Å². The smallest absolute Gasteiger partial charge is 0.211 e. The van der Waals surface area contributed by atoms with Crippen LogP contribution in [0.3, 0.4) is 0 Å². The molecule has 0 spiro atoms. The second-order valence-electron chi connectivity index (χ2n) is 8.37. The van der Waals surface area contributed by atoms with Crippen LogP contribution in [0, 0.1) is 0 Å². The average molecular weight is 427 g/mol. The third kappa shape index (κ3) is 3.35. The molecule has 0 saturated carbocycles. The Balaban J connectivity index is 1.47. The van der Waals surface area contributed by atoms with E-state index in [0.717, 1.165) is 48.2 Å². The summed E-state index contributed by atoms with van der Waals surface area (Å²) >= 11 is 0. The van der Waals surface area contributed by atoms with Gasteiger partial charge in [0.2, 0.25) is 10.0 Å². The summed E-state index contributed by atoms with van der Waals surface area (Å²) in [5.41, 5.74) is 5.47. The molecule has 1 N–H and O–H groups in total. The van der Waals surface area contributed by atoms with E-state index in [0.29, 0.717) is 19.1 Å². The van der Waals surface area contributed by atoms with Gasteiger partial charge in [-0.15, -0.1) is 0 Å². The van der Waals surface area contributed by atoms with Crippen LogP contribution in [0.2, 0.25) is 0 Å². The molecule has 8 nitrogen and oxygen atoms in total. The first kappa shape index (κ1) is 19.4. The number of nitrogens with zero attached hydrogens (tertiary/aromatic N) is 5. The fourth-order valence-electron chi connectivity index (χ4n) is 4.86. The molecule has 2 aliphatic heterocycles. The first-order valence-corrected chi connectivity index (χ1v) is 12.2. The summed E-state index contributed by atoms with van der Waals surface area (Å²) < 4.78 is 25.3. The lowest BCUT2D eigenvalue weighted by molar-refractivity contribution is 0.317. The van der Waals surface area contributed by atoms with Crippen molar-refractivity contribution < 1.29 is 8.42 Å². The van der Waals surface area contributed by atoms with Gasteiger partial charge in [0.1, 0.15) is 12.0 Å². The molecule has 0 aromatic carbocycles. The van der Waals surface area contributed by atoms with E-state index in [9.17, 15) is 8.42 Å². The highest BCUT2D eigenvalue weighted by Crippen LogP contribution is 2.36. The monoisotopic (exact) mass is 426 g/mol. The van der Waals surface area contributed by atoms with Gasteiger partial charge in [-0.3, -0.25) is 0 Å². The molecular weight excluding hydrogens is 400 g/mol. The first-order chi connectivity index (χ1) is 14.4. The van der Waals surface area contributed by atoms with Gasteiger partial charge >= 0.3 is 0 Å². The number of fused-ring (bicyclic) bond motifs is 2. The van der Waals surface area contributed by atoms with Crippen molar-refractivity contribution in [2.24, 2.45) is 0 Å². The second-order valence-corrected chi connectivity index (χ2v) is 10.4. The zero-order valence-electron chi connectivity index (χ0n) is 17.2. The number of piperidine rings is 1. The van der Waals surface area contributed by atoms with Gasteiger partial charge in [-0.25, -0.2) is 27.7 Å². The minimum atomic E-state index is -3.13. The molecule has 0 unspecified atom stereocenters. The van der Waals surface area contributed by atoms with E-state index in [1.165, 1.54) is 17.5 Å². The molecule has 9 heteroatoms. The van der Waals surface area contributed by atoms with E-state index in [4.69, 9.17) is 0 Å². The van der Waals surface area contributed by atoms with E-state index in [1.54, 1.807) is 10.6 Å². The molecule has 0 bridgehead atoms. The molecule has 158 valence electrons. The van der Waals surface area contributed by atoms with Crippen molar-refractivity contribution in [1.29, 1.82) is 0 Å². The van der Waals surface area contributed by atoms with Gasteiger partial charge in [-0.05, 0) is 31.9 Å². The van der Waals surface area contributed by atoms with Gasteiger partial charge in [0, 0.05) is 67.0 Å². The molecule has 2 aliphatic rings. The topological polar surface area (TPSA) is 95.1 Å². The Hall–Kier alpha value is -2.52. The fraction of sp³-hybridized carbons (Fsp3) is 0.476. The van der Waals surface area contributed by atoms with Crippen molar-refractivity contribution in [3.8, 4) is 0 Å². The van der Waals surface area contributed by atoms with Crippen LogP contribution in [-0.2, 0) is 23.0 Å². The minimum absolute atomic E-state index is 0.264. The maximum atomic E-state index is 11.9. The number of nitrogens with one attached hydrogen (secondary N) is 1. The Labute approximate surface area is 176 Å². The molecule has 0 amide bonds. The summed E-state index contributed by atoms with van der Waals surface area (Å²) in [6.45, 7) is 4.09. The molecule has 30 heavy (non-hydrogen) atoms. The third-order valence-corrected chi connectivity index (χ3v) is 7.78. The Morgan fingerprint density at radius 2 is 1.93 bits per heavy atom. The lowest BCUT2D eigenvalue weighted by Gasteiger charge is -2.38. The highest BCUT2D eigenvalue weighted by atomic mass is 32.2. The summed E-state index contributed by atoms with van der Waals surface area (Å²) in [7, 11) is -3.13. The largest absolute Gasteiger partial charge is 0.363 e.